The van der Waals surface area contributed by atoms with Crippen LogP contribution in [-0.4, -0.2) is 53.5 Å². The minimum atomic E-state index is -4.03. The van der Waals surface area contributed by atoms with Gasteiger partial charge in [0.1, 0.15) is 0 Å². The Morgan fingerprint density at radius 2 is 1.40 bits per heavy atom. The molecule has 0 aliphatic heterocycles. The Labute approximate surface area is 148 Å². The predicted octanol–water partition coefficient (Wildman–Crippen LogP) is 1.12. The highest BCUT2D eigenvalue weighted by molar-refractivity contribution is 7.93. The molecule has 136 valence electrons. The van der Waals surface area contributed by atoms with Crippen LogP contribution in [0.4, 0.5) is 5.69 Å². The first-order valence-electron chi connectivity index (χ1n) is 7.42. The van der Waals surface area contributed by atoms with Crippen molar-refractivity contribution >= 4 is 25.7 Å². The number of hydrogen-bond donors (Lipinski definition) is 1. The van der Waals surface area contributed by atoms with Crippen LogP contribution in [0.5, 0.6) is 0 Å². The topological polar surface area (TPSA) is 95.0 Å². The van der Waals surface area contributed by atoms with Crippen LogP contribution >= 0.6 is 0 Å². The van der Waals surface area contributed by atoms with Crippen molar-refractivity contribution < 1.29 is 21.9 Å². The molecule has 7 nitrogen and oxygen atoms in total. The summed E-state index contributed by atoms with van der Waals surface area (Å²) in [6.45, 7) is -0.513. The van der Waals surface area contributed by atoms with Crippen LogP contribution in [0, 0.1) is 0 Å². The third-order valence-electron chi connectivity index (χ3n) is 3.52. The number of nitrogens with zero attached hydrogens (tertiary/aromatic N) is 2. The number of benzene rings is 2. The molecule has 1 N–H and O–H groups in total. The fourth-order valence-corrected chi connectivity index (χ4v) is 4.73. The summed E-state index contributed by atoms with van der Waals surface area (Å²) in [5.41, 5.74) is 0.386. The number of hydrogen-bond acceptors (Lipinski definition) is 5. The molecule has 0 saturated heterocycles. The van der Waals surface area contributed by atoms with Crippen molar-refractivity contribution in [2.75, 3.05) is 31.6 Å². The fourth-order valence-electron chi connectivity index (χ4n) is 2.21. The average molecular weight is 384 g/mol. The molecule has 25 heavy (non-hydrogen) atoms. The smallest absolute Gasteiger partial charge is 0.264 e. The molecule has 2 aromatic carbocycles. The Morgan fingerprint density at radius 3 is 1.92 bits per heavy atom. The first-order chi connectivity index (χ1) is 11.7. The first kappa shape index (κ1) is 19.4. The van der Waals surface area contributed by atoms with Gasteiger partial charge in [-0.1, -0.05) is 24.3 Å². The molecule has 2 rings (SSSR count). The predicted molar refractivity (Wildman–Crippen MR) is 95.4 cm³/mol. The van der Waals surface area contributed by atoms with Crippen molar-refractivity contribution in [3.8, 4) is 0 Å². The van der Waals surface area contributed by atoms with Gasteiger partial charge in [0.15, 0.2) is 0 Å². The highest BCUT2D eigenvalue weighted by Crippen LogP contribution is 2.25. The summed E-state index contributed by atoms with van der Waals surface area (Å²) in [6, 6.07) is 13.5. The molecule has 0 radical (unpaired) electrons. The van der Waals surface area contributed by atoms with Crippen molar-refractivity contribution in [1.29, 1.82) is 0 Å². The van der Waals surface area contributed by atoms with Gasteiger partial charge in [-0.15, -0.1) is 0 Å². The molecule has 0 fully saturated rings. The monoisotopic (exact) mass is 384 g/mol. The third-order valence-corrected chi connectivity index (χ3v) is 7.15. The number of anilines is 1. The number of sulfonamides is 2. The van der Waals surface area contributed by atoms with Gasteiger partial charge >= 0.3 is 0 Å². The summed E-state index contributed by atoms with van der Waals surface area (Å²) >= 11 is 0. The molecular weight excluding hydrogens is 364 g/mol. The van der Waals surface area contributed by atoms with Crippen molar-refractivity contribution in [2.45, 2.75) is 9.79 Å². The minimum absolute atomic E-state index is 0.115. The van der Waals surface area contributed by atoms with Crippen LogP contribution in [0.1, 0.15) is 0 Å². The highest BCUT2D eigenvalue weighted by Gasteiger charge is 2.27. The van der Waals surface area contributed by atoms with E-state index in [4.69, 9.17) is 0 Å². The average Bonchev–Trinajstić information content (AvgIpc) is 2.60. The molecule has 0 aliphatic carbocycles. The molecule has 0 amide bonds. The van der Waals surface area contributed by atoms with E-state index in [1.807, 2.05) is 0 Å². The van der Waals surface area contributed by atoms with Gasteiger partial charge in [-0.2, -0.15) is 0 Å². The standard InChI is InChI=1S/C16H20N2O5S2/c1-17(2)24(20,21)15-9-6-10-16(13-15)25(22,23)18(11-12-19)14-7-4-3-5-8-14/h3-10,13,19H,11-12H2,1-2H3. The van der Waals surface area contributed by atoms with Crippen LogP contribution in [0.15, 0.2) is 64.4 Å². The number of rotatable bonds is 7. The SMILES string of the molecule is CN(C)S(=O)(=O)c1cccc(S(=O)(=O)N(CCO)c2ccccc2)c1. The maximum absolute atomic E-state index is 13.0. The normalized spacial score (nSPS) is 12.3. The van der Waals surface area contributed by atoms with Crippen LogP contribution in [0.2, 0.25) is 0 Å². The van der Waals surface area contributed by atoms with E-state index < -0.39 is 20.0 Å². The van der Waals surface area contributed by atoms with Gasteiger partial charge in [-0.05, 0) is 30.3 Å². The molecular formula is C16H20N2O5S2. The quantitative estimate of drug-likeness (QED) is 0.772. The van der Waals surface area contributed by atoms with Gasteiger partial charge in [-0.25, -0.2) is 21.1 Å². The summed E-state index contributed by atoms with van der Waals surface area (Å²) in [5.74, 6) is 0. The highest BCUT2D eigenvalue weighted by atomic mass is 32.2. The zero-order valence-corrected chi connectivity index (χ0v) is 15.5. The van der Waals surface area contributed by atoms with Gasteiger partial charge in [0.25, 0.3) is 10.0 Å². The van der Waals surface area contributed by atoms with E-state index in [2.05, 4.69) is 0 Å². The molecule has 0 bridgehead atoms. The van der Waals surface area contributed by atoms with E-state index in [0.717, 1.165) is 14.7 Å². The van der Waals surface area contributed by atoms with E-state index in [0.29, 0.717) is 5.69 Å². The Kier molecular flexibility index (Phi) is 5.83. The third kappa shape index (κ3) is 4.01. The minimum Gasteiger partial charge on any atom is -0.394 e. The second-order valence-corrected chi connectivity index (χ2v) is 9.41. The maximum atomic E-state index is 13.0. The lowest BCUT2D eigenvalue weighted by Crippen LogP contribution is -2.33. The second kappa shape index (κ2) is 7.52. The molecule has 2 aromatic rings. The van der Waals surface area contributed by atoms with Crippen molar-refractivity contribution in [3.63, 3.8) is 0 Å². The molecule has 0 unspecified atom stereocenters. The van der Waals surface area contributed by atoms with Gasteiger partial charge in [0.05, 0.1) is 28.6 Å². The summed E-state index contributed by atoms with van der Waals surface area (Å²) in [4.78, 5) is -0.275. The first-order valence-corrected chi connectivity index (χ1v) is 10.3. The molecule has 0 saturated carbocycles. The molecule has 9 heteroatoms. The van der Waals surface area contributed by atoms with Crippen LogP contribution in [0.25, 0.3) is 0 Å². The Morgan fingerprint density at radius 1 is 0.840 bits per heavy atom. The zero-order valence-electron chi connectivity index (χ0n) is 13.9. The number of para-hydroxylation sites is 1. The molecule has 0 spiro atoms. The lowest BCUT2D eigenvalue weighted by Gasteiger charge is -2.24. The fraction of sp³-hybridized carbons (Fsp3) is 0.250. The van der Waals surface area contributed by atoms with E-state index in [9.17, 15) is 21.9 Å². The van der Waals surface area contributed by atoms with Gasteiger partial charge in [-0.3, -0.25) is 4.31 Å². The van der Waals surface area contributed by atoms with E-state index in [-0.39, 0.29) is 22.9 Å². The molecule has 0 aromatic heterocycles. The van der Waals surface area contributed by atoms with Crippen LogP contribution in [0.3, 0.4) is 0 Å². The second-order valence-electron chi connectivity index (χ2n) is 5.40. The Bertz CT molecular complexity index is 926. The Hall–Kier alpha value is -1.94. The van der Waals surface area contributed by atoms with E-state index in [1.165, 1.54) is 32.3 Å². The lowest BCUT2D eigenvalue weighted by atomic mass is 10.3. The summed E-state index contributed by atoms with van der Waals surface area (Å²) in [5, 5.41) is 9.26. The van der Waals surface area contributed by atoms with E-state index in [1.54, 1.807) is 30.3 Å². The van der Waals surface area contributed by atoms with Crippen molar-refractivity contribution in [1.82, 2.24) is 4.31 Å². The molecule has 0 atom stereocenters. The molecule has 0 heterocycles. The summed E-state index contributed by atoms with van der Waals surface area (Å²) in [6.07, 6.45) is 0. The zero-order chi connectivity index (χ0) is 18.7. The lowest BCUT2D eigenvalue weighted by molar-refractivity contribution is 0.306. The van der Waals surface area contributed by atoms with Crippen LogP contribution < -0.4 is 4.31 Å². The summed E-state index contributed by atoms with van der Waals surface area (Å²) < 4.78 is 52.5. The number of aliphatic hydroxyl groups is 1. The maximum Gasteiger partial charge on any atom is 0.264 e. The molecule has 0 aliphatic rings. The van der Waals surface area contributed by atoms with E-state index >= 15 is 0 Å². The largest absolute Gasteiger partial charge is 0.394 e. The summed E-state index contributed by atoms with van der Waals surface area (Å²) in [7, 11) is -5.05. The number of aliphatic hydroxyl groups excluding tert-OH is 1. The van der Waals surface area contributed by atoms with Gasteiger partial charge < -0.3 is 5.11 Å². The Balaban J connectivity index is 2.55. The van der Waals surface area contributed by atoms with Crippen molar-refractivity contribution in [3.05, 3.63) is 54.6 Å². The van der Waals surface area contributed by atoms with Crippen LogP contribution in [-0.2, 0) is 20.0 Å². The van der Waals surface area contributed by atoms with Gasteiger partial charge in [0, 0.05) is 14.1 Å². The van der Waals surface area contributed by atoms with Gasteiger partial charge in [0.2, 0.25) is 10.0 Å². The van der Waals surface area contributed by atoms with Crippen molar-refractivity contribution in [2.24, 2.45) is 0 Å².